The van der Waals surface area contributed by atoms with Gasteiger partial charge in [-0.3, -0.25) is 0 Å². The van der Waals surface area contributed by atoms with Gasteiger partial charge in [-0.15, -0.1) is 11.3 Å². The van der Waals surface area contributed by atoms with Gasteiger partial charge >= 0.3 is 0 Å². The van der Waals surface area contributed by atoms with Crippen molar-refractivity contribution in [2.45, 2.75) is 25.5 Å². The lowest BCUT2D eigenvalue weighted by Gasteiger charge is -2.37. The van der Waals surface area contributed by atoms with Crippen molar-refractivity contribution < 1.29 is 5.11 Å². The highest BCUT2D eigenvalue weighted by Gasteiger charge is 2.30. The molecule has 0 bridgehead atoms. The molecule has 0 amide bonds. The fraction of sp³-hybridized carbons (Fsp3) is 0.292. The standard InChI is InChI=1S/C24H26N4OS/c1-16-13-18-23(26-19-9-5-6-10-20(19)27-24(18)30-16)28-12-11-25-21(15-28)22(29)14-17-7-3-2-4-8-17/h2-10,13,21-22,25,27,29H,11-12,14-15H2,1H3/t21?,22-/m0/s1. The van der Waals surface area contributed by atoms with Crippen LogP contribution in [-0.2, 0) is 6.42 Å². The van der Waals surface area contributed by atoms with E-state index in [1.807, 2.05) is 30.3 Å². The molecule has 2 atom stereocenters. The quantitative estimate of drug-likeness (QED) is 0.600. The predicted octanol–water partition coefficient (Wildman–Crippen LogP) is 4.07. The number of para-hydroxylation sites is 2. The van der Waals surface area contributed by atoms with E-state index in [9.17, 15) is 5.11 Å². The molecule has 2 aromatic carbocycles. The van der Waals surface area contributed by atoms with Crippen LogP contribution < -0.4 is 10.6 Å². The lowest BCUT2D eigenvalue weighted by Crippen LogP contribution is -2.57. The average molecular weight is 419 g/mol. The molecule has 1 fully saturated rings. The third-order valence-corrected chi connectivity index (χ3v) is 6.70. The molecule has 1 saturated heterocycles. The molecule has 154 valence electrons. The molecule has 0 aliphatic carbocycles. The lowest BCUT2D eigenvalue weighted by molar-refractivity contribution is 0.0998. The van der Waals surface area contributed by atoms with Crippen molar-refractivity contribution in [3.05, 3.63) is 76.7 Å². The molecule has 5 nitrogen and oxygen atoms in total. The largest absolute Gasteiger partial charge is 0.391 e. The first-order valence-corrected chi connectivity index (χ1v) is 11.2. The molecule has 1 unspecified atom stereocenters. The summed E-state index contributed by atoms with van der Waals surface area (Å²) < 4.78 is 0. The highest BCUT2D eigenvalue weighted by molar-refractivity contribution is 7.16. The molecule has 3 heterocycles. The first-order chi connectivity index (χ1) is 14.7. The van der Waals surface area contributed by atoms with Crippen molar-refractivity contribution in [2.24, 2.45) is 4.99 Å². The fourth-order valence-corrected chi connectivity index (χ4v) is 5.13. The summed E-state index contributed by atoms with van der Waals surface area (Å²) >= 11 is 1.76. The third kappa shape index (κ3) is 3.86. The molecule has 0 saturated carbocycles. The normalized spacial score (nSPS) is 19.2. The minimum absolute atomic E-state index is 0.00343. The summed E-state index contributed by atoms with van der Waals surface area (Å²) in [6.45, 7) is 4.55. The van der Waals surface area contributed by atoms with E-state index in [0.29, 0.717) is 6.42 Å². The number of rotatable bonds is 3. The van der Waals surface area contributed by atoms with Gasteiger partial charge in [0.15, 0.2) is 0 Å². The SMILES string of the molecule is Cc1cc2c(s1)Nc1ccccc1N=C2N1CCNC([C@@H](O)Cc2ccccc2)C1. The fourth-order valence-electron chi connectivity index (χ4n) is 4.21. The van der Waals surface area contributed by atoms with Gasteiger partial charge in [0, 0.05) is 24.5 Å². The van der Waals surface area contributed by atoms with Crippen molar-refractivity contribution >= 4 is 33.5 Å². The molecule has 3 N–H and O–H groups in total. The van der Waals surface area contributed by atoms with Crippen LogP contribution in [0.5, 0.6) is 0 Å². The summed E-state index contributed by atoms with van der Waals surface area (Å²) in [7, 11) is 0. The van der Waals surface area contributed by atoms with Crippen LogP contribution >= 0.6 is 11.3 Å². The van der Waals surface area contributed by atoms with E-state index in [0.717, 1.165) is 53.0 Å². The van der Waals surface area contributed by atoms with Crippen LogP contribution in [0.15, 0.2) is 65.7 Å². The second-order valence-corrected chi connectivity index (χ2v) is 9.20. The topological polar surface area (TPSA) is 59.9 Å². The number of aliphatic hydroxyl groups is 1. The molecular formula is C24H26N4OS. The van der Waals surface area contributed by atoms with Crippen LogP contribution in [0.25, 0.3) is 0 Å². The van der Waals surface area contributed by atoms with E-state index in [-0.39, 0.29) is 6.04 Å². The van der Waals surface area contributed by atoms with Crippen molar-refractivity contribution in [3.63, 3.8) is 0 Å². The average Bonchev–Trinajstić information content (AvgIpc) is 3.06. The second-order valence-electron chi connectivity index (χ2n) is 7.94. The van der Waals surface area contributed by atoms with E-state index in [1.165, 1.54) is 4.88 Å². The molecule has 3 aromatic rings. The van der Waals surface area contributed by atoms with Crippen molar-refractivity contribution in [1.29, 1.82) is 0 Å². The number of nitrogens with one attached hydrogen (secondary N) is 2. The van der Waals surface area contributed by atoms with Gasteiger partial charge in [0.05, 0.1) is 29.1 Å². The zero-order valence-electron chi connectivity index (χ0n) is 17.0. The molecule has 5 rings (SSSR count). The maximum atomic E-state index is 10.9. The van der Waals surface area contributed by atoms with E-state index in [4.69, 9.17) is 4.99 Å². The molecule has 0 spiro atoms. The maximum absolute atomic E-state index is 10.9. The van der Waals surface area contributed by atoms with Crippen LogP contribution in [0.3, 0.4) is 0 Å². The number of aliphatic hydroxyl groups excluding tert-OH is 1. The Labute approximate surface area is 181 Å². The van der Waals surface area contributed by atoms with Crippen molar-refractivity contribution in [3.8, 4) is 0 Å². The van der Waals surface area contributed by atoms with Crippen molar-refractivity contribution in [1.82, 2.24) is 10.2 Å². The van der Waals surface area contributed by atoms with E-state index in [1.54, 1.807) is 11.3 Å². The number of fused-ring (bicyclic) bond motifs is 2. The van der Waals surface area contributed by atoms with Crippen LogP contribution in [0.1, 0.15) is 16.0 Å². The molecule has 1 aromatic heterocycles. The molecule has 6 heteroatoms. The number of thiophene rings is 1. The van der Waals surface area contributed by atoms with E-state index >= 15 is 0 Å². The number of piperazine rings is 1. The summed E-state index contributed by atoms with van der Waals surface area (Å²) in [5.74, 6) is 0.991. The van der Waals surface area contributed by atoms with Gasteiger partial charge in [-0.2, -0.15) is 0 Å². The second kappa shape index (κ2) is 8.22. The van der Waals surface area contributed by atoms with Gasteiger partial charge in [0.1, 0.15) is 10.8 Å². The first kappa shape index (κ1) is 19.3. The number of anilines is 2. The van der Waals surface area contributed by atoms with Crippen molar-refractivity contribution in [2.75, 3.05) is 25.0 Å². The van der Waals surface area contributed by atoms with Gasteiger partial charge in [-0.1, -0.05) is 42.5 Å². The number of amidine groups is 1. The number of aliphatic imine (C=N–C) groups is 1. The first-order valence-electron chi connectivity index (χ1n) is 10.4. The monoisotopic (exact) mass is 418 g/mol. The van der Waals surface area contributed by atoms with Crippen LogP contribution in [0.2, 0.25) is 0 Å². The van der Waals surface area contributed by atoms with Crippen LogP contribution in [0.4, 0.5) is 16.4 Å². The van der Waals surface area contributed by atoms with E-state index in [2.05, 4.69) is 52.8 Å². The number of benzene rings is 2. The van der Waals surface area contributed by atoms with Gasteiger partial charge in [0.2, 0.25) is 0 Å². The number of hydrogen-bond donors (Lipinski definition) is 3. The van der Waals surface area contributed by atoms with Crippen LogP contribution in [0, 0.1) is 6.92 Å². The highest BCUT2D eigenvalue weighted by Crippen LogP contribution is 2.39. The maximum Gasteiger partial charge on any atom is 0.139 e. The molecule has 0 radical (unpaired) electrons. The summed E-state index contributed by atoms with van der Waals surface area (Å²) in [6, 6.07) is 20.6. The summed E-state index contributed by atoms with van der Waals surface area (Å²) in [5, 5.41) is 19.1. The Hall–Kier alpha value is -2.67. The number of nitrogens with zero attached hydrogens (tertiary/aromatic N) is 2. The van der Waals surface area contributed by atoms with Gasteiger partial charge in [0.25, 0.3) is 0 Å². The molecular weight excluding hydrogens is 392 g/mol. The van der Waals surface area contributed by atoms with Crippen LogP contribution in [-0.4, -0.2) is 47.6 Å². The Morgan fingerprint density at radius 3 is 2.83 bits per heavy atom. The third-order valence-electron chi connectivity index (χ3n) is 5.73. The zero-order valence-corrected chi connectivity index (χ0v) is 17.8. The summed E-state index contributed by atoms with van der Waals surface area (Å²) in [5.41, 5.74) is 4.29. The Kier molecular flexibility index (Phi) is 5.29. The number of hydrogen-bond acceptors (Lipinski definition) is 6. The summed E-state index contributed by atoms with van der Waals surface area (Å²) in [4.78, 5) is 8.66. The molecule has 2 aliphatic heterocycles. The summed E-state index contributed by atoms with van der Waals surface area (Å²) in [6.07, 6.45) is 0.196. The Bertz CT molecular complexity index is 1060. The zero-order chi connectivity index (χ0) is 20.5. The Morgan fingerprint density at radius 2 is 1.97 bits per heavy atom. The van der Waals surface area contributed by atoms with E-state index < -0.39 is 6.10 Å². The minimum atomic E-state index is -0.448. The lowest BCUT2D eigenvalue weighted by atomic mass is 10.00. The smallest absolute Gasteiger partial charge is 0.139 e. The van der Waals surface area contributed by atoms with Gasteiger partial charge in [-0.05, 0) is 37.1 Å². The van der Waals surface area contributed by atoms with Gasteiger partial charge in [-0.25, -0.2) is 4.99 Å². The minimum Gasteiger partial charge on any atom is -0.391 e. The predicted molar refractivity (Wildman–Crippen MR) is 124 cm³/mol. The Morgan fingerprint density at radius 1 is 1.17 bits per heavy atom. The molecule has 30 heavy (non-hydrogen) atoms. The Balaban J connectivity index is 1.43. The highest BCUT2D eigenvalue weighted by atomic mass is 32.1. The number of aryl methyl sites for hydroxylation is 1. The van der Waals surface area contributed by atoms with Gasteiger partial charge < -0.3 is 20.6 Å². The molecule has 2 aliphatic rings.